The van der Waals surface area contributed by atoms with E-state index in [1.165, 1.54) is 0 Å². The third-order valence-electron chi connectivity index (χ3n) is 7.97. The summed E-state index contributed by atoms with van der Waals surface area (Å²) in [5.41, 5.74) is 10.4. The number of nitrogens with one attached hydrogen (secondary N) is 4. The summed E-state index contributed by atoms with van der Waals surface area (Å²) in [6.45, 7) is 7.69. The fourth-order valence-corrected chi connectivity index (χ4v) is 5.11. The Balaban J connectivity index is 2.39. The van der Waals surface area contributed by atoms with Crippen LogP contribution >= 0.6 is 0 Å². The molecule has 12 nitrogen and oxygen atoms in total. The van der Waals surface area contributed by atoms with Crippen LogP contribution in [0.4, 0.5) is 0 Å². The highest BCUT2D eigenvalue weighted by molar-refractivity contribution is 5.97. The average molecular weight is 614 g/mol. The number of amides is 4. The standard InChI is InChI=1S/C32H51N7O5/c1-5-24-29(43)38-26(22-14-9-8-10-15-22)30(44)35-18-12-7-6-11-17-32(4,39-27(41)21(2)3)25(40)20-23(28(42)37-24)16-13-19-36-31(33)34/h8-10,14-15,21,23-24,26H,5-7,11-13,16-20H2,1-4H3,(H,35,44)(H,37,42)(H,38,43)(H,39,41)(H4,33,34,36)/t23-,24+,26+,32+/m1/s1. The molecule has 244 valence electrons. The zero-order valence-electron chi connectivity index (χ0n) is 26.6. The highest BCUT2D eigenvalue weighted by Crippen LogP contribution is 2.24. The molecule has 2 rings (SSSR count). The molecule has 1 fully saturated rings. The molecule has 1 aromatic carbocycles. The molecule has 0 unspecified atom stereocenters. The molecule has 1 heterocycles. The molecule has 44 heavy (non-hydrogen) atoms. The Morgan fingerprint density at radius 3 is 2.32 bits per heavy atom. The Morgan fingerprint density at radius 1 is 1.00 bits per heavy atom. The Bertz CT molecular complexity index is 1150. The SMILES string of the molecule is CC[C@@H]1NC(=O)[C@H](CCCN=C(N)N)CC(=O)[C@@](C)(NC(=O)C(C)C)CCCCCCNC(=O)[C@H](c2ccccc2)NC1=O. The van der Waals surface area contributed by atoms with Gasteiger partial charge in [0.25, 0.3) is 0 Å². The molecule has 1 aliphatic rings. The smallest absolute Gasteiger partial charge is 0.247 e. The lowest BCUT2D eigenvalue weighted by Gasteiger charge is -2.32. The van der Waals surface area contributed by atoms with E-state index in [1.54, 1.807) is 52.0 Å². The topological polar surface area (TPSA) is 198 Å². The molecule has 8 N–H and O–H groups in total. The van der Waals surface area contributed by atoms with Gasteiger partial charge in [-0.3, -0.25) is 29.0 Å². The van der Waals surface area contributed by atoms with Gasteiger partial charge >= 0.3 is 0 Å². The molecular formula is C32H51N7O5. The lowest BCUT2D eigenvalue weighted by atomic mass is 9.82. The minimum Gasteiger partial charge on any atom is -0.370 e. The van der Waals surface area contributed by atoms with E-state index >= 15 is 0 Å². The van der Waals surface area contributed by atoms with Crippen molar-refractivity contribution in [1.82, 2.24) is 21.3 Å². The molecular weight excluding hydrogens is 562 g/mol. The second kappa shape index (κ2) is 18.0. The number of carbonyl (C=O) groups excluding carboxylic acids is 5. The number of carbonyl (C=O) groups is 5. The van der Waals surface area contributed by atoms with E-state index in [9.17, 15) is 24.0 Å². The summed E-state index contributed by atoms with van der Waals surface area (Å²) in [4.78, 5) is 70.9. The molecule has 1 saturated heterocycles. The molecule has 4 amide bonds. The van der Waals surface area contributed by atoms with Crippen molar-refractivity contribution >= 4 is 35.4 Å². The fourth-order valence-electron chi connectivity index (χ4n) is 5.11. The van der Waals surface area contributed by atoms with Gasteiger partial charge in [-0.2, -0.15) is 0 Å². The van der Waals surface area contributed by atoms with Crippen LogP contribution in [-0.2, 0) is 24.0 Å². The highest BCUT2D eigenvalue weighted by Gasteiger charge is 2.38. The molecule has 0 radical (unpaired) electrons. The molecule has 0 bridgehead atoms. The van der Waals surface area contributed by atoms with Gasteiger partial charge < -0.3 is 32.7 Å². The predicted molar refractivity (Wildman–Crippen MR) is 170 cm³/mol. The number of benzene rings is 1. The number of nitrogens with zero attached hydrogens (tertiary/aromatic N) is 1. The second-order valence-corrected chi connectivity index (χ2v) is 12.0. The summed E-state index contributed by atoms with van der Waals surface area (Å²) >= 11 is 0. The fraction of sp³-hybridized carbons (Fsp3) is 0.625. The Kier molecular flexibility index (Phi) is 14.8. The molecule has 0 aromatic heterocycles. The monoisotopic (exact) mass is 613 g/mol. The Morgan fingerprint density at radius 2 is 1.68 bits per heavy atom. The van der Waals surface area contributed by atoms with Gasteiger partial charge in [-0.05, 0) is 44.6 Å². The molecule has 0 spiro atoms. The van der Waals surface area contributed by atoms with Gasteiger partial charge in [0.05, 0.1) is 5.54 Å². The van der Waals surface area contributed by atoms with Crippen molar-refractivity contribution in [2.45, 2.75) is 103 Å². The van der Waals surface area contributed by atoms with Gasteiger partial charge in [0, 0.05) is 31.3 Å². The number of hydrogen-bond acceptors (Lipinski definition) is 6. The van der Waals surface area contributed by atoms with Crippen LogP contribution in [0.5, 0.6) is 0 Å². The van der Waals surface area contributed by atoms with Gasteiger partial charge in [0.1, 0.15) is 12.1 Å². The summed E-state index contributed by atoms with van der Waals surface area (Å²) in [6.07, 6.45) is 4.25. The lowest BCUT2D eigenvalue weighted by Crippen LogP contribution is -2.55. The van der Waals surface area contributed by atoms with Crippen molar-refractivity contribution < 1.29 is 24.0 Å². The minimum absolute atomic E-state index is 0.0704. The minimum atomic E-state index is -1.16. The largest absolute Gasteiger partial charge is 0.370 e. The number of aliphatic imine (C=N–C) groups is 1. The molecule has 0 aliphatic carbocycles. The van der Waals surface area contributed by atoms with E-state index in [0.29, 0.717) is 31.4 Å². The van der Waals surface area contributed by atoms with Gasteiger partial charge in [0.2, 0.25) is 23.6 Å². The van der Waals surface area contributed by atoms with Gasteiger partial charge in [0.15, 0.2) is 11.7 Å². The summed E-state index contributed by atoms with van der Waals surface area (Å²) < 4.78 is 0. The highest BCUT2D eigenvalue weighted by atomic mass is 16.2. The van der Waals surface area contributed by atoms with Gasteiger partial charge in [-0.15, -0.1) is 0 Å². The van der Waals surface area contributed by atoms with Gasteiger partial charge in [-0.25, -0.2) is 0 Å². The summed E-state index contributed by atoms with van der Waals surface area (Å²) in [7, 11) is 0. The number of hydrogen-bond donors (Lipinski definition) is 6. The first-order valence-electron chi connectivity index (χ1n) is 15.7. The molecule has 12 heteroatoms. The number of ketones is 1. The maximum atomic E-state index is 13.8. The number of Topliss-reactive ketones (excluding diaryl/α,β-unsaturated/α-hetero) is 1. The third-order valence-corrected chi connectivity index (χ3v) is 7.97. The van der Waals surface area contributed by atoms with Crippen LogP contribution in [0.25, 0.3) is 0 Å². The molecule has 0 saturated carbocycles. The van der Waals surface area contributed by atoms with Gasteiger partial charge in [-0.1, -0.05) is 70.4 Å². The average Bonchev–Trinajstić information content (AvgIpc) is 2.98. The van der Waals surface area contributed by atoms with Crippen molar-refractivity contribution in [3.8, 4) is 0 Å². The molecule has 1 aliphatic heterocycles. The summed E-state index contributed by atoms with van der Waals surface area (Å²) in [5.74, 6) is -2.98. The number of guanidine groups is 1. The first-order valence-corrected chi connectivity index (χ1v) is 15.7. The Labute approximate surface area is 260 Å². The van der Waals surface area contributed by atoms with E-state index in [0.717, 1.165) is 19.3 Å². The van der Waals surface area contributed by atoms with E-state index in [-0.39, 0.29) is 55.3 Å². The van der Waals surface area contributed by atoms with Crippen LogP contribution in [-0.4, -0.2) is 60.0 Å². The maximum Gasteiger partial charge on any atom is 0.247 e. The number of rotatable bonds is 8. The zero-order valence-corrected chi connectivity index (χ0v) is 26.6. The second-order valence-electron chi connectivity index (χ2n) is 12.0. The Hall–Kier alpha value is -3.96. The summed E-state index contributed by atoms with van der Waals surface area (Å²) in [6, 6.07) is 7.07. The normalized spacial score (nSPS) is 24.7. The van der Waals surface area contributed by atoms with Crippen LogP contribution in [0, 0.1) is 11.8 Å². The van der Waals surface area contributed by atoms with Crippen LogP contribution < -0.4 is 32.7 Å². The predicted octanol–water partition coefficient (Wildman–Crippen LogP) is 1.98. The van der Waals surface area contributed by atoms with Crippen molar-refractivity contribution in [3.63, 3.8) is 0 Å². The first-order chi connectivity index (χ1) is 20.9. The lowest BCUT2D eigenvalue weighted by molar-refractivity contribution is -0.137. The molecule has 4 atom stereocenters. The van der Waals surface area contributed by atoms with E-state index in [4.69, 9.17) is 11.5 Å². The molecule has 1 aromatic rings. The summed E-state index contributed by atoms with van der Waals surface area (Å²) in [5, 5.41) is 11.5. The maximum absolute atomic E-state index is 13.8. The van der Waals surface area contributed by atoms with Crippen LogP contribution in [0.3, 0.4) is 0 Å². The van der Waals surface area contributed by atoms with Crippen molar-refractivity contribution in [3.05, 3.63) is 35.9 Å². The third kappa shape index (κ3) is 11.6. The van der Waals surface area contributed by atoms with Crippen molar-refractivity contribution in [2.24, 2.45) is 28.3 Å². The van der Waals surface area contributed by atoms with Crippen LogP contribution in [0.2, 0.25) is 0 Å². The van der Waals surface area contributed by atoms with Crippen molar-refractivity contribution in [1.29, 1.82) is 0 Å². The zero-order chi connectivity index (χ0) is 32.7. The van der Waals surface area contributed by atoms with E-state index < -0.39 is 35.4 Å². The van der Waals surface area contributed by atoms with Crippen LogP contribution in [0.15, 0.2) is 35.3 Å². The van der Waals surface area contributed by atoms with E-state index in [1.807, 2.05) is 6.07 Å². The quantitative estimate of drug-likeness (QED) is 0.146. The first kappa shape index (κ1) is 36.2. The van der Waals surface area contributed by atoms with E-state index in [2.05, 4.69) is 26.3 Å². The van der Waals surface area contributed by atoms with Crippen LogP contribution in [0.1, 0.15) is 97.1 Å². The number of nitrogens with two attached hydrogens (primary N) is 2. The van der Waals surface area contributed by atoms with Crippen molar-refractivity contribution in [2.75, 3.05) is 13.1 Å².